The molecule has 0 spiro atoms. The number of unbranched alkanes of at least 4 members (excludes halogenated alkanes) is 2. The molecule has 0 radical (unpaired) electrons. The molecule has 346 valence electrons. The van der Waals surface area contributed by atoms with Gasteiger partial charge in [-0.05, 0) is 85.5 Å². The van der Waals surface area contributed by atoms with Gasteiger partial charge in [0.05, 0.1) is 52.4 Å². The molecular weight excluding hydrogens is 812 g/mol. The summed E-state index contributed by atoms with van der Waals surface area (Å²) in [7, 11) is -4.71. The first kappa shape index (κ1) is 60.2. The number of aliphatic hydroxyl groups excluding tert-OH is 1. The Morgan fingerprint density at radius 3 is 1.85 bits per heavy atom. The average Bonchev–Trinajstić information content (AvgIpc) is 3.15. The van der Waals surface area contributed by atoms with Crippen molar-refractivity contribution < 1.29 is 95.3 Å². The molecule has 16 nitrogen and oxygen atoms in total. The maximum atomic E-state index is 14.3. The summed E-state index contributed by atoms with van der Waals surface area (Å²) >= 11 is 0. The van der Waals surface area contributed by atoms with Crippen LogP contribution in [0.2, 0.25) is 0 Å². The zero-order valence-corrected chi connectivity index (χ0v) is 41.4. The predicted octanol–water partition coefficient (Wildman–Crippen LogP) is 2.05. The number of aliphatic hydroxyl groups is 1. The van der Waals surface area contributed by atoms with E-state index in [2.05, 4.69) is 17.6 Å². The van der Waals surface area contributed by atoms with Crippen molar-refractivity contribution in [1.82, 2.24) is 10.6 Å². The molecule has 0 aromatic heterocycles. The molecule has 0 saturated carbocycles. The van der Waals surface area contributed by atoms with Crippen molar-refractivity contribution in [3.8, 4) is 0 Å². The quantitative estimate of drug-likeness (QED) is 0.0210. The van der Waals surface area contributed by atoms with Gasteiger partial charge < -0.3 is 44.0 Å². The fourth-order valence-electron chi connectivity index (χ4n) is 7.19. The third-order valence-electron chi connectivity index (χ3n) is 10.4. The summed E-state index contributed by atoms with van der Waals surface area (Å²) in [4.78, 5) is 69.4. The molecule has 0 fully saturated rings. The van der Waals surface area contributed by atoms with Crippen LogP contribution >= 0.6 is 0 Å². The van der Waals surface area contributed by atoms with Crippen molar-refractivity contribution in [3.63, 3.8) is 0 Å². The van der Waals surface area contributed by atoms with E-state index in [9.17, 15) is 42.0 Å². The second kappa shape index (κ2) is 31.1. The van der Waals surface area contributed by atoms with Crippen LogP contribution < -0.4 is 40.2 Å². The predicted molar refractivity (Wildman–Crippen MR) is 222 cm³/mol. The first-order valence-electron chi connectivity index (χ1n) is 21.4. The summed E-state index contributed by atoms with van der Waals surface area (Å²) in [6, 6.07) is 0. The van der Waals surface area contributed by atoms with Crippen molar-refractivity contribution in [2.75, 3.05) is 58.7 Å². The maximum Gasteiger partial charge on any atom is 1.00 e. The molecule has 0 saturated heterocycles. The number of nitrogens with one attached hydrogen (secondary N) is 2. The molecule has 0 aromatic rings. The minimum absolute atomic E-state index is 0. The molecule has 60 heavy (non-hydrogen) atoms. The second-order valence-electron chi connectivity index (χ2n) is 16.9. The summed E-state index contributed by atoms with van der Waals surface area (Å²) in [5.41, 5.74) is -4.70. The average molecular weight is 889 g/mol. The summed E-state index contributed by atoms with van der Waals surface area (Å²) in [6.45, 7) is 17.2. The Labute approximate surface area is 382 Å². The van der Waals surface area contributed by atoms with Gasteiger partial charge in [-0.3, -0.25) is 24.0 Å². The minimum atomic E-state index is -4.71. The first-order valence-corrected chi connectivity index (χ1v) is 23.0. The van der Waals surface area contributed by atoms with Gasteiger partial charge in [0.1, 0.15) is 19.9 Å². The number of carbonyl (C=O) groups excluding carboxylic acids is 5. The SMILES string of the molecule is CCCCOCNC(=O)C(C)CC(CC(C)(CC(C)(CC(CC)C(=O)NC(C)(C)CS(=O)(=O)[O-])C(=O)OCCO)C(=O)OCCOCC)C(=O)OCC(CC)CCCC.[Na+]. The van der Waals surface area contributed by atoms with Crippen LogP contribution in [0, 0.1) is 34.5 Å². The third-order valence-corrected chi connectivity index (χ3v) is 11.5. The topological polar surface area (TPSA) is 233 Å². The maximum absolute atomic E-state index is 14.3. The smallest absolute Gasteiger partial charge is 0.748 e. The number of amides is 2. The fourth-order valence-corrected chi connectivity index (χ4v) is 8.15. The molecule has 6 unspecified atom stereocenters. The summed E-state index contributed by atoms with van der Waals surface area (Å²) < 4.78 is 62.7. The van der Waals surface area contributed by atoms with Gasteiger partial charge in [-0.25, -0.2) is 8.42 Å². The largest absolute Gasteiger partial charge is 1.00 e. The molecule has 3 N–H and O–H groups in total. The van der Waals surface area contributed by atoms with Gasteiger partial charge in [0.2, 0.25) is 11.8 Å². The summed E-state index contributed by atoms with van der Waals surface area (Å²) in [5.74, 6) is -6.65. The normalized spacial score (nSPS) is 15.8. The molecule has 0 aliphatic carbocycles. The number of ether oxygens (including phenoxy) is 5. The van der Waals surface area contributed by atoms with Gasteiger partial charge in [-0.15, -0.1) is 0 Å². The van der Waals surface area contributed by atoms with E-state index in [-0.39, 0.29) is 107 Å². The molecule has 18 heteroatoms. The van der Waals surface area contributed by atoms with Crippen LogP contribution in [0.25, 0.3) is 0 Å². The molecule has 6 atom stereocenters. The van der Waals surface area contributed by atoms with Gasteiger partial charge in [0.15, 0.2) is 0 Å². The molecule has 0 bridgehead atoms. The van der Waals surface area contributed by atoms with Gasteiger partial charge >= 0.3 is 47.5 Å². The van der Waals surface area contributed by atoms with Gasteiger partial charge in [0.25, 0.3) is 0 Å². The Kier molecular flexibility index (Phi) is 31.2. The van der Waals surface area contributed by atoms with Crippen LogP contribution in [0.15, 0.2) is 0 Å². The second-order valence-corrected chi connectivity index (χ2v) is 18.3. The Morgan fingerprint density at radius 1 is 0.750 bits per heavy atom. The van der Waals surface area contributed by atoms with Crippen LogP contribution in [0.1, 0.15) is 140 Å². The first-order chi connectivity index (χ1) is 27.6. The molecule has 0 aliphatic rings. The molecule has 0 heterocycles. The van der Waals surface area contributed by atoms with Crippen LogP contribution in [-0.4, -0.2) is 112 Å². The van der Waals surface area contributed by atoms with Crippen molar-refractivity contribution in [1.29, 1.82) is 0 Å². The van der Waals surface area contributed by atoms with Crippen molar-refractivity contribution >= 4 is 39.8 Å². The standard InChI is InChI=1S/C42H78N2O14S.Na/c1-11-16-18-32(13-3)27-58-37(48)34(24-31(6)35(46)43-30-55-20-17-12-2)26-42(10,39(50)57-23-22-54-15-5)28-41(9,38(49)56-21-19-45)25-33(14-4)36(47)44-40(7,8)29-59(51,52)53;/h31-34,45H,11-30H2,1-10H3,(H,43,46)(H,44,47)(H,51,52,53);/q;+1/p-1. The fraction of sp³-hybridized carbons (Fsp3) is 0.881. The van der Waals surface area contributed by atoms with Crippen LogP contribution in [0.5, 0.6) is 0 Å². The van der Waals surface area contributed by atoms with Gasteiger partial charge in [0, 0.05) is 30.6 Å². The van der Waals surface area contributed by atoms with E-state index in [4.69, 9.17) is 23.7 Å². The minimum Gasteiger partial charge on any atom is -0.748 e. The zero-order chi connectivity index (χ0) is 45.3. The summed E-state index contributed by atoms with van der Waals surface area (Å²) in [5, 5.41) is 14.9. The Morgan fingerprint density at radius 2 is 1.33 bits per heavy atom. The number of carbonyl (C=O) groups is 5. The molecular formula is C42H77N2NaO14S. The Balaban J connectivity index is 0. The third kappa shape index (κ3) is 24.7. The number of rotatable bonds is 34. The molecule has 0 aliphatic heterocycles. The molecule has 2 amide bonds. The monoisotopic (exact) mass is 888 g/mol. The van der Waals surface area contributed by atoms with Gasteiger partial charge in [-0.1, -0.05) is 60.3 Å². The Hall–Kier alpha value is -1.86. The number of esters is 3. The number of hydrogen-bond acceptors (Lipinski definition) is 14. The van der Waals surface area contributed by atoms with Crippen LogP contribution in [-0.2, 0) is 57.8 Å². The van der Waals surface area contributed by atoms with E-state index in [1.54, 1.807) is 27.7 Å². The van der Waals surface area contributed by atoms with E-state index in [0.29, 0.717) is 13.2 Å². The van der Waals surface area contributed by atoms with E-state index < -0.39 is 80.4 Å². The van der Waals surface area contributed by atoms with E-state index in [0.717, 1.165) is 38.5 Å². The van der Waals surface area contributed by atoms with Crippen LogP contribution in [0.4, 0.5) is 0 Å². The Bertz CT molecular complexity index is 1380. The van der Waals surface area contributed by atoms with E-state index >= 15 is 0 Å². The van der Waals surface area contributed by atoms with Crippen molar-refractivity contribution in [2.24, 2.45) is 34.5 Å². The summed E-state index contributed by atoms with van der Waals surface area (Å²) in [6.07, 6.45) is 4.76. The number of hydrogen-bond donors (Lipinski definition) is 3. The van der Waals surface area contributed by atoms with Crippen molar-refractivity contribution in [2.45, 2.75) is 145 Å². The van der Waals surface area contributed by atoms with Crippen molar-refractivity contribution in [3.05, 3.63) is 0 Å². The van der Waals surface area contributed by atoms with Gasteiger partial charge in [-0.2, -0.15) is 0 Å². The van der Waals surface area contributed by atoms with E-state index in [1.807, 2.05) is 13.8 Å². The molecule has 0 rings (SSSR count). The van der Waals surface area contributed by atoms with Crippen LogP contribution in [0.3, 0.4) is 0 Å². The molecule has 0 aromatic carbocycles. The zero-order valence-electron chi connectivity index (χ0n) is 38.6. The van der Waals surface area contributed by atoms with E-state index in [1.165, 1.54) is 20.8 Å².